The van der Waals surface area contributed by atoms with E-state index >= 15 is 0 Å². The van der Waals surface area contributed by atoms with Crippen molar-refractivity contribution in [2.75, 3.05) is 0 Å². The third-order valence-corrected chi connectivity index (χ3v) is 4.69. The summed E-state index contributed by atoms with van der Waals surface area (Å²) in [7, 11) is 0. The van der Waals surface area contributed by atoms with Gasteiger partial charge in [0, 0.05) is 11.1 Å². The van der Waals surface area contributed by atoms with Gasteiger partial charge in [-0.1, -0.05) is 76.1 Å². The van der Waals surface area contributed by atoms with Crippen molar-refractivity contribution < 1.29 is 5.48 Å². The molecule has 3 nitrogen and oxygen atoms in total. The van der Waals surface area contributed by atoms with E-state index in [4.69, 9.17) is 30.1 Å². The van der Waals surface area contributed by atoms with Crippen LogP contribution in [0.4, 0.5) is 0 Å². The van der Waals surface area contributed by atoms with Crippen LogP contribution in [0.2, 0.25) is 5.02 Å². The summed E-state index contributed by atoms with van der Waals surface area (Å²) < 4.78 is 2.72. The maximum Gasteiger partial charge on any atom is 2.00 e. The smallest absolute Gasteiger partial charge is 0.870 e. The molecule has 1 unspecified atom stereocenters. The average molecular weight is 465 g/mol. The van der Waals surface area contributed by atoms with Crippen molar-refractivity contribution in [3.05, 3.63) is 70.4 Å². The molecule has 4 N–H and O–H groups in total. The van der Waals surface area contributed by atoms with Gasteiger partial charge >= 0.3 is 37.7 Å². The molecule has 0 spiro atoms. The Bertz CT molecular complexity index is 653. The summed E-state index contributed by atoms with van der Waals surface area (Å²) in [6.07, 6.45) is 8.87. The third-order valence-electron chi connectivity index (χ3n) is 4.12. The van der Waals surface area contributed by atoms with E-state index < -0.39 is 0 Å². The van der Waals surface area contributed by atoms with Crippen molar-refractivity contribution in [1.82, 2.24) is 4.72 Å². The molecule has 0 fully saturated rings. The Hall–Kier alpha value is 0.0597. The predicted octanol–water partition coefficient (Wildman–Crippen LogP) is 5.82. The first-order valence-electron chi connectivity index (χ1n) is 9.62. The molecule has 0 saturated heterocycles. The Morgan fingerprint density at radius 2 is 1.83 bits per heavy atom. The standard InChI is InChI=1S/C13H17Cl.C8H13N2S.C2H6.Ca.H2O/c1-5-6-10-7-8-11(12(14)9-10)13(2,3)4;1-6(9)7-2-4-8(10-11)5-3-7;1-2;;/h5,7-9H,1,6H2,2-4H3;2,4,6,10H,3,5,9H2,1H3;1-2H3;;1H2/q;-1;;+2;/p-1. The van der Waals surface area contributed by atoms with Gasteiger partial charge in [-0.15, -0.1) is 6.58 Å². The number of hydrogen-bond donors (Lipinski definition) is 2. The number of halogens is 1. The first kappa shape index (κ1) is 33.7. The Morgan fingerprint density at radius 1 is 1.24 bits per heavy atom. The van der Waals surface area contributed by atoms with Gasteiger partial charge in [0.15, 0.2) is 0 Å². The van der Waals surface area contributed by atoms with Gasteiger partial charge in [0.25, 0.3) is 0 Å². The molecule has 1 atom stereocenters. The molecule has 0 aliphatic heterocycles. The third kappa shape index (κ3) is 13.2. The van der Waals surface area contributed by atoms with Crippen molar-refractivity contribution in [1.29, 1.82) is 0 Å². The maximum absolute atomic E-state index is 6.22. The molecule has 0 aromatic heterocycles. The zero-order valence-electron chi connectivity index (χ0n) is 18.9. The fraction of sp³-hybridized carbons (Fsp3) is 0.478. The van der Waals surface area contributed by atoms with Crippen molar-refractivity contribution >= 4 is 62.2 Å². The van der Waals surface area contributed by atoms with Crippen LogP contribution in [0.1, 0.15) is 65.5 Å². The SMILES string of the molecule is C=CCc1ccc(C(C)(C)C)c(Cl)c1.CC.CC(N)C1=CC=C(N[S-])CC1.[Ca+2].[OH-]. The quantitative estimate of drug-likeness (QED) is 0.334. The Morgan fingerprint density at radius 3 is 2.17 bits per heavy atom. The van der Waals surface area contributed by atoms with Crippen LogP contribution >= 0.6 is 11.6 Å². The number of nitrogens with one attached hydrogen (secondary N) is 1. The van der Waals surface area contributed by atoms with E-state index in [1.54, 1.807) is 0 Å². The van der Waals surface area contributed by atoms with Crippen molar-refractivity contribution in [2.45, 2.75) is 72.3 Å². The molecule has 0 heterocycles. The van der Waals surface area contributed by atoms with Crippen molar-refractivity contribution in [3.63, 3.8) is 0 Å². The monoisotopic (exact) mass is 464 g/mol. The summed E-state index contributed by atoms with van der Waals surface area (Å²) in [5.74, 6) is 0. The van der Waals surface area contributed by atoms with Crippen LogP contribution in [0.15, 0.2) is 54.3 Å². The molecule has 0 saturated carbocycles. The van der Waals surface area contributed by atoms with Gasteiger partial charge in [0.05, 0.1) is 0 Å². The number of hydrogen-bond acceptors (Lipinski definition) is 4. The van der Waals surface area contributed by atoms with Crippen LogP contribution in [-0.4, -0.2) is 49.3 Å². The number of nitrogens with two attached hydrogens (primary N) is 1. The first-order chi connectivity index (χ1) is 12.7. The van der Waals surface area contributed by atoms with Crippen molar-refractivity contribution in [3.8, 4) is 0 Å². The van der Waals surface area contributed by atoms with Crippen LogP contribution in [-0.2, 0) is 24.7 Å². The molecule has 1 aromatic rings. The maximum atomic E-state index is 6.22. The zero-order chi connectivity index (χ0) is 21.0. The summed E-state index contributed by atoms with van der Waals surface area (Å²) in [5.41, 5.74) is 10.7. The fourth-order valence-electron chi connectivity index (χ4n) is 2.58. The van der Waals surface area contributed by atoms with Gasteiger partial charge in [-0.2, -0.15) is 0 Å². The number of rotatable bonds is 4. The van der Waals surface area contributed by atoms with Crippen LogP contribution in [0.3, 0.4) is 0 Å². The molecular weight excluding hydrogens is 428 g/mol. The second kappa shape index (κ2) is 17.7. The summed E-state index contributed by atoms with van der Waals surface area (Å²) in [6.45, 7) is 16.2. The fourth-order valence-corrected chi connectivity index (χ4v) is 3.24. The molecule has 1 aliphatic carbocycles. The van der Waals surface area contributed by atoms with Gasteiger partial charge in [-0.3, -0.25) is 0 Å². The van der Waals surface area contributed by atoms with Gasteiger partial charge < -0.3 is 28.7 Å². The van der Waals surface area contributed by atoms with E-state index in [9.17, 15) is 0 Å². The Labute approximate surface area is 219 Å². The first-order valence-corrected chi connectivity index (χ1v) is 10.4. The van der Waals surface area contributed by atoms with Gasteiger partial charge in [0.1, 0.15) is 0 Å². The topological polar surface area (TPSA) is 68.0 Å². The Kier molecular flexibility index (Phi) is 20.6. The van der Waals surface area contributed by atoms with Gasteiger partial charge in [-0.05, 0) is 60.6 Å². The van der Waals surface area contributed by atoms with Gasteiger partial charge in [0.2, 0.25) is 0 Å². The van der Waals surface area contributed by atoms with Crippen LogP contribution in [0.25, 0.3) is 0 Å². The minimum atomic E-state index is 0. The normalized spacial score (nSPS) is 13.4. The second-order valence-electron chi connectivity index (χ2n) is 7.38. The summed E-state index contributed by atoms with van der Waals surface area (Å²) in [4.78, 5) is 0. The molecular formula is C23H37CaClN2OS. The van der Waals surface area contributed by atoms with Crippen LogP contribution in [0, 0.1) is 0 Å². The second-order valence-corrected chi connectivity index (χ2v) is 7.99. The molecule has 0 radical (unpaired) electrons. The average Bonchev–Trinajstić information content (AvgIpc) is 2.63. The number of allylic oxidation sites excluding steroid dienone is 4. The molecule has 1 aliphatic rings. The van der Waals surface area contributed by atoms with E-state index in [1.807, 2.05) is 39.0 Å². The summed E-state index contributed by atoms with van der Waals surface area (Å²) in [6, 6.07) is 6.44. The molecule has 0 amide bonds. The zero-order valence-corrected chi connectivity index (χ0v) is 22.7. The molecule has 29 heavy (non-hydrogen) atoms. The van der Waals surface area contributed by atoms with E-state index in [-0.39, 0.29) is 54.7 Å². The van der Waals surface area contributed by atoms with E-state index in [0.29, 0.717) is 0 Å². The number of benzene rings is 1. The predicted molar refractivity (Wildman–Crippen MR) is 133 cm³/mol. The Balaban J connectivity index is -0.000000411. The summed E-state index contributed by atoms with van der Waals surface area (Å²) in [5, 5.41) is 0.858. The molecule has 0 bridgehead atoms. The summed E-state index contributed by atoms with van der Waals surface area (Å²) >= 11 is 10.9. The molecule has 160 valence electrons. The minimum Gasteiger partial charge on any atom is -0.870 e. The van der Waals surface area contributed by atoms with Crippen LogP contribution in [0.5, 0.6) is 0 Å². The largest absolute Gasteiger partial charge is 2.00 e. The molecule has 2 rings (SSSR count). The van der Waals surface area contributed by atoms with E-state index in [2.05, 4.69) is 50.3 Å². The van der Waals surface area contributed by atoms with E-state index in [0.717, 1.165) is 30.0 Å². The molecule has 1 aromatic carbocycles. The van der Waals surface area contributed by atoms with E-state index in [1.165, 1.54) is 16.7 Å². The van der Waals surface area contributed by atoms with Gasteiger partial charge in [-0.25, -0.2) is 0 Å². The van der Waals surface area contributed by atoms with Crippen molar-refractivity contribution in [2.24, 2.45) is 5.73 Å². The van der Waals surface area contributed by atoms with Crippen LogP contribution < -0.4 is 10.5 Å². The minimum absolute atomic E-state index is 0. The molecule has 6 heteroatoms.